The minimum Gasteiger partial charge on any atom is -0.468 e. The highest BCUT2D eigenvalue weighted by atomic mass is 35.5. The van der Waals surface area contributed by atoms with Gasteiger partial charge in [-0.1, -0.05) is 41.5 Å². The predicted molar refractivity (Wildman–Crippen MR) is 76.2 cm³/mol. The maximum Gasteiger partial charge on any atom is 0.322 e. The summed E-state index contributed by atoms with van der Waals surface area (Å²) < 4.78 is 4.62. The lowest BCUT2D eigenvalue weighted by Crippen LogP contribution is -2.33. The van der Waals surface area contributed by atoms with E-state index in [1.165, 1.54) is 12.7 Å². The number of esters is 1. The maximum absolute atomic E-state index is 11.3. The van der Waals surface area contributed by atoms with Gasteiger partial charge in [0.15, 0.2) is 0 Å². The summed E-state index contributed by atoms with van der Waals surface area (Å²) in [5.41, 5.74) is 7.76. The van der Waals surface area contributed by atoms with Gasteiger partial charge in [-0.15, -0.1) is 0 Å². The molecule has 0 saturated carbocycles. The van der Waals surface area contributed by atoms with E-state index in [2.05, 4.69) is 15.8 Å². The van der Waals surface area contributed by atoms with Crippen molar-refractivity contribution in [3.05, 3.63) is 35.5 Å². The van der Waals surface area contributed by atoms with Crippen molar-refractivity contribution >= 4 is 22.7 Å². The second-order valence-corrected chi connectivity index (χ2v) is 5.14. The number of methoxy groups -OCH3 is 1. The summed E-state index contributed by atoms with van der Waals surface area (Å²) in [5.74, 6) is -0.255. The number of ether oxygens (including phenoxy) is 1. The Kier molecular flexibility index (Phi) is 4.22. The zero-order valence-electron chi connectivity index (χ0n) is 11.0. The molecule has 3 unspecified atom stereocenters. The van der Waals surface area contributed by atoms with Gasteiger partial charge in [0, 0.05) is 12.3 Å². The molecule has 0 bridgehead atoms. The fraction of sp³-hybridized carbons (Fsp3) is 0.429. The molecule has 19 heavy (non-hydrogen) atoms. The van der Waals surface area contributed by atoms with E-state index in [-0.39, 0.29) is 12.0 Å². The van der Waals surface area contributed by atoms with Gasteiger partial charge in [0.1, 0.15) is 11.2 Å². The lowest BCUT2D eigenvalue weighted by atomic mass is 9.87. The van der Waals surface area contributed by atoms with Crippen molar-refractivity contribution in [3.8, 4) is 0 Å². The first-order valence-corrected chi connectivity index (χ1v) is 6.53. The van der Waals surface area contributed by atoms with Crippen LogP contribution in [0.25, 0.3) is 0 Å². The Morgan fingerprint density at radius 1 is 1.58 bits per heavy atom. The second kappa shape index (κ2) is 5.72. The van der Waals surface area contributed by atoms with Gasteiger partial charge in [-0.3, -0.25) is 9.79 Å². The molecule has 5 heteroatoms. The van der Waals surface area contributed by atoms with E-state index in [4.69, 9.17) is 17.3 Å². The largest absolute Gasteiger partial charge is 0.468 e. The van der Waals surface area contributed by atoms with Gasteiger partial charge in [-0.2, -0.15) is 0 Å². The van der Waals surface area contributed by atoms with Crippen LogP contribution >= 0.6 is 11.6 Å². The van der Waals surface area contributed by atoms with E-state index < -0.39 is 12.0 Å². The van der Waals surface area contributed by atoms with Crippen molar-refractivity contribution in [2.45, 2.75) is 25.4 Å². The first-order valence-electron chi connectivity index (χ1n) is 6.15. The zero-order chi connectivity index (χ0) is 14.0. The SMILES string of the molecule is COC(=O)C(N)CC1=CC2C=C(C)C=CC2N=C1Cl. The van der Waals surface area contributed by atoms with Crippen LogP contribution in [0.15, 0.2) is 40.4 Å². The highest BCUT2D eigenvalue weighted by Gasteiger charge is 2.26. The Balaban J connectivity index is 2.15. The number of aliphatic imine (C=N–C) groups is 1. The molecule has 0 fully saturated rings. The fourth-order valence-electron chi connectivity index (χ4n) is 2.25. The molecule has 1 aliphatic heterocycles. The van der Waals surface area contributed by atoms with Gasteiger partial charge in [0.25, 0.3) is 0 Å². The molecule has 0 spiro atoms. The summed E-state index contributed by atoms with van der Waals surface area (Å²) in [6, 6.07) is -0.657. The molecule has 0 saturated heterocycles. The lowest BCUT2D eigenvalue weighted by Gasteiger charge is -2.26. The Morgan fingerprint density at radius 3 is 3.00 bits per heavy atom. The van der Waals surface area contributed by atoms with Crippen molar-refractivity contribution in [2.24, 2.45) is 16.6 Å². The van der Waals surface area contributed by atoms with E-state index in [0.717, 1.165) is 5.57 Å². The Hall–Kier alpha value is -1.39. The molecule has 2 N–H and O–H groups in total. The molecule has 2 rings (SSSR count). The number of hydrogen-bond acceptors (Lipinski definition) is 4. The van der Waals surface area contributed by atoms with Crippen molar-refractivity contribution in [1.82, 2.24) is 0 Å². The molecular formula is C14H17ClN2O2. The highest BCUT2D eigenvalue weighted by Crippen LogP contribution is 2.29. The molecule has 1 heterocycles. The Morgan fingerprint density at radius 2 is 2.32 bits per heavy atom. The molecule has 0 amide bonds. The number of rotatable bonds is 3. The first-order chi connectivity index (χ1) is 9.01. The van der Waals surface area contributed by atoms with E-state index in [1.807, 2.05) is 25.2 Å². The number of halogens is 1. The van der Waals surface area contributed by atoms with Crippen LogP contribution in [0.2, 0.25) is 0 Å². The molecule has 4 nitrogen and oxygen atoms in total. The monoisotopic (exact) mass is 280 g/mol. The fourth-order valence-corrected chi connectivity index (χ4v) is 2.50. The topological polar surface area (TPSA) is 64.7 Å². The van der Waals surface area contributed by atoms with Crippen LogP contribution < -0.4 is 5.73 Å². The van der Waals surface area contributed by atoms with E-state index in [0.29, 0.717) is 11.6 Å². The maximum atomic E-state index is 11.3. The third-order valence-corrected chi connectivity index (χ3v) is 3.61. The van der Waals surface area contributed by atoms with Gasteiger partial charge in [0.2, 0.25) is 0 Å². The number of carbonyl (C=O) groups excluding carboxylic acids is 1. The smallest absolute Gasteiger partial charge is 0.322 e. The summed E-state index contributed by atoms with van der Waals surface area (Å²) >= 11 is 6.15. The molecule has 0 aromatic carbocycles. The summed E-state index contributed by atoms with van der Waals surface area (Å²) in [7, 11) is 1.32. The van der Waals surface area contributed by atoms with E-state index in [9.17, 15) is 4.79 Å². The number of hydrogen-bond donors (Lipinski definition) is 1. The minimum atomic E-state index is -0.707. The number of allylic oxidation sites excluding steroid dienone is 2. The van der Waals surface area contributed by atoms with Crippen LogP contribution in [0, 0.1) is 5.92 Å². The highest BCUT2D eigenvalue weighted by molar-refractivity contribution is 6.69. The van der Waals surface area contributed by atoms with Gasteiger partial charge in [0.05, 0.1) is 13.2 Å². The number of nitrogens with zero attached hydrogens (tertiary/aromatic N) is 1. The number of fused-ring (bicyclic) bond motifs is 1. The van der Waals surface area contributed by atoms with Crippen LogP contribution in [0.4, 0.5) is 0 Å². The minimum absolute atomic E-state index is 0.0503. The van der Waals surface area contributed by atoms with Crippen LogP contribution in [0.5, 0.6) is 0 Å². The summed E-state index contributed by atoms with van der Waals surface area (Å²) in [5, 5.41) is 0.429. The number of dihydropyridines is 1. The summed E-state index contributed by atoms with van der Waals surface area (Å²) in [4.78, 5) is 15.8. The Labute approximate surface area is 117 Å². The molecular weight excluding hydrogens is 264 g/mol. The van der Waals surface area contributed by atoms with Crippen molar-refractivity contribution < 1.29 is 9.53 Å². The molecule has 3 atom stereocenters. The quantitative estimate of drug-likeness (QED) is 0.804. The molecule has 2 aliphatic rings. The van der Waals surface area contributed by atoms with Crippen molar-refractivity contribution in [3.63, 3.8) is 0 Å². The lowest BCUT2D eigenvalue weighted by molar-refractivity contribution is -0.142. The van der Waals surface area contributed by atoms with Gasteiger partial charge in [-0.25, -0.2) is 0 Å². The molecule has 0 radical (unpaired) electrons. The molecule has 0 aromatic rings. The van der Waals surface area contributed by atoms with E-state index in [1.54, 1.807) is 0 Å². The van der Waals surface area contributed by atoms with E-state index >= 15 is 0 Å². The third kappa shape index (κ3) is 3.14. The standard InChI is InChI=1S/C14H17ClN2O2/c1-8-3-4-12-9(5-8)6-10(13(15)17-12)7-11(16)14(18)19-2/h3-6,9,11-12H,7,16H2,1-2H3. The first kappa shape index (κ1) is 14.0. The molecule has 1 aliphatic carbocycles. The van der Waals surface area contributed by atoms with Crippen LogP contribution in [0.1, 0.15) is 13.3 Å². The van der Waals surface area contributed by atoms with Crippen molar-refractivity contribution in [1.29, 1.82) is 0 Å². The second-order valence-electron chi connectivity index (χ2n) is 4.78. The van der Waals surface area contributed by atoms with Gasteiger partial charge < -0.3 is 10.5 Å². The van der Waals surface area contributed by atoms with Gasteiger partial charge >= 0.3 is 5.97 Å². The normalized spacial score (nSPS) is 26.8. The predicted octanol–water partition coefficient (Wildman–Crippen LogP) is 1.95. The van der Waals surface area contributed by atoms with Crippen LogP contribution in [-0.4, -0.2) is 30.3 Å². The van der Waals surface area contributed by atoms with Crippen LogP contribution in [0.3, 0.4) is 0 Å². The summed E-state index contributed by atoms with van der Waals surface area (Å²) in [6.45, 7) is 2.04. The molecule has 102 valence electrons. The third-order valence-electron chi connectivity index (χ3n) is 3.27. The number of carbonyl (C=O) groups is 1. The van der Waals surface area contributed by atoms with Crippen molar-refractivity contribution in [2.75, 3.05) is 7.11 Å². The molecule has 0 aromatic heterocycles. The number of nitrogens with two attached hydrogens (primary N) is 1. The van der Waals surface area contributed by atoms with Crippen LogP contribution in [-0.2, 0) is 9.53 Å². The average Bonchev–Trinajstić information content (AvgIpc) is 2.39. The summed E-state index contributed by atoms with van der Waals surface area (Å²) in [6.07, 6.45) is 8.59. The van der Waals surface area contributed by atoms with Gasteiger partial charge in [-0.05, 0) is 12.5 Å². The average molecular weight is 281 g/mol. The zero-order valence-corrected chi connectivity index (χ0v) is 11.7. The Bertz CT molecular complexity index is 506.